The number of hydrogen-bond acceptors (Lipinski definition) is 4. The van der Waals surface area contributed by atoms with E-state index in [1.54, 1.807) is 37.3 Å². The molecule has 6 nitrogen and oxygen atoms in total. The van der Waals surface area contributed by atoms with Gasteiger partial charge in [0.1, 0.15) is 11.6 Å². The topological polar surface area (TPSA) is 75.7 Å². The molecule has 0 unspecified atom stereocenters. The maximum atomic E-state index is 14.0. The maximum Gasteiger partial charge on any atom is 0.261 e. The Kier molecular flexibility index (Phi) is 5.87. The molecule has 0 fully saturated rings. The summed E-state index contributed by atoms with van der Waals surface area (Å²) in [6.07, 6.45) is 0. The van der Waals surface area contributed by atoms with Crippen molar-refractivity contribution < 1.29 is 32.3 Å². The molecule has 0 radical (unpaired) electrons. The first-order valence-electron chi connectivity index (χ1n) is 9.97. The first kappa shape index (κ1) is 22.1. The first-order chi connectivity index (χ1) is 15.8. The number of nitrogens with one attached hydrogen (secondary N) is 1. The third kappa shape index (κ3) is 4.17. The van der Waals surface area contributed by atoms with Gasteiger partial charge >= 0.3 is 0 Å². The monoisotopic (exact) mass is 454 g/mol. The third-order valence-electron chi connectivity index (χ3n) is 5.07. The predicted octanol–water partition coefficient (Wildman–Crippen LogP) is 4.55. The highest BCUT2D eigenvalue weighted by atomic mass is 19.2. The fraction of sp³-hybridized carbons (Fsp3) is 0.125. The number of benzene rings is 3. The summed E-state index contributed by atoms with van der Waals surface area (Å²) in [5, 5.41) is 2.20. The highest BCUT2D eigenvalue weighted by Crippen LogP contribution is 2.28. The second-order valence-electron chi connectivity index (χ2n) is 7.21. The summed E-state index contributed by atoms with van der Waals surface area (Å²) in [6, 6.07) is 11.7. The van der Waals surface area contributed by atoms with Gasteiger partial charge in [-0.05, 0) is 36.8 Å². The van der Waals surface area contributed by atoms with Crippen molar-refractivity contribution in [1.82, 2.24) is 4.90 Å². The molecule has 3 amide bonds. The van der Waals surface area contributed by atoms with E-state index < -0.39 is 40.9 Å². The zero-order chi connectivity index (χ0) is 23.7. The average molecular weight is 454 g/mol. The molecule has 0 atom stereocenters. The molecule has 1 aliphatic rings. The number of carbonyl (C=O) groups is 3. The van der Waals surface area contributed by atoms with Crippen molar-refractivity contribution >= 4 is 23.4 Å². The summed E-state index contributed by atoms with van der Waals surface area (Å²) < 4.78 is 46.1. The molecule has 33 heavy (non-hydrogen) atoms. The van der Waals surface area contributed by atoms with Gasteiger partial charge in [0.05, 0.1) is 35.5 Å². The number of imide groups is 1. The Balaban J connectivity index is 1.63. The van der Waals surface area contributed by atoms with Crippen LogP contribution in [-0.4, -0.2) is 29.2 Å². The molecule has 3 aromatic rings. The molecule has 1 heterocycles. The van der Waals surface area contributed by atoms with E-state index in [-0.39, 0.29) is 24.5 Å². The molecule has 4 rings (SSSR count). The van der Waals surface area contributed by atoms with E-state index in [4.69, 9.17) is 4.74 Å². The molecule has 168 valence electrons. The van der Waals surface area contributed by atoms with E-state index in [1.165, 1.54) is 12.1 Å². The molecular formula is C24H17F3N2O4. The highest BCUT2D eigenvalue weighted by Gasteiger charge is 2.35. The van der Waals surface area contributed by atoms with E-state index >= 15 is 0 Å². The number of hydrogen-bond donors (Lipinski definition) is 1. The van der Waals surface area contributed by atoms with Crippen LogP contribution >= 0.6 is 0 Å². The van der Waals surface area contributed by atoms with E-state index in [2.05, 4.69) is 5.32 Å². The van der Waals surface area contributed by atoms with Crippen molar-refractivity contribution in [3.63, 3.8) is 0 Å². The van der Waals surface area contributed by atoms with Crippen LogP contribution in [0.3, 0.4) is 0 Å². The quantitative estimate of drug-likeness (QED) is 0.438. The summed E-state index contributed by atoms with van der Waals surface area (Å²) in [4.78, 5) is 39.1. The minimum Gasteiger partial charge on any atom is -0.493 e. The van der Waals surface area contributed by atoms with Gasteiger partial charge in [0.15, 0.2) is 11.6 Å². The van der Waals surface area contributed by atoms with Crippen LogP contribution in [0.5, 0.6) is 5.75 Å². The Bertz CT molecular complexity index is 1260. The Hall–Kier alpha value is -4.14. The minimum absolute atomic E-state index is 0.0323. The second-order valence-corrected chi connectivity index (χ2v) is 7.21. The van der Waals surface area contributed by atoms with Crippen LogP contribution in [0.2, 0.25) is 0 Å². The molecule has 0 aliphatic carbocycles. The molecule has 1 N–H and O–H groups in total. The van der Waals surface area contributed by atoms with Gasteiger partial charge in [-0.15, -0.1) is 0 Å². The summed E-state index contributed by atoms with van der Waals surface area (Å²) in [7, 11) is 0. The third-order valence-corrected chi connectivity index (χ3v) is 5.07. The van der Waals surface area contributed by atoms with Crippen LogP contribution in [0.4, 0.5) is 18.9 Å². The lowest BCUT2D eigenvalue weighted by Gasteiger charge is -2.16. The Labute approximate surface area is 186 Å². The summed E-state index contributed by atoms with van der Waals surface area (Å²) in [6.45, 7) is 1.81. The SMILES string of the molecule is CCOc1ccc(CN2C(=O)c3ccccc3C2=O)cc1C(=O)Nc1cc(F)c(F)cc1F. The lowest BCUT2D eigenvalue weighted by atomic mass is 10.1. The first-order valence-corrected chi connectivity index (χ1v) is 9.97. The summed E-state index contributed by atoms with van der Waals surface area (Å²) in [5.74, 6) is -5.46. The van der Waals surface area contributed by atoms with Crippen molar-refractivity contribution in [3.05, 3.63) is 94.3 Å². The van der Waals surface area contributed by atoms with Crippen LogP contribution in [0.15, 0.2) is 54.6 Å². The Morgan fingerprint density at radius 2 is 1.55 bits per heavy atom. The van der Waals surface area contributed by atoms with E-state index in [1.807, 2.05) is 0 Å². The number of halogens is 3. The molecule has 0 aromatic heterocycles. The molecule has 9 heteroatoms. The van der Waals surface area contributed by atoms with Gasteiger partial charge in [-0.25, -0.2) is 13.2 Å². The average Bonchev–Trinajstić information content (AvgIpc) is 3.03. The fourth-order valence-electron chi connectivity index (χ4n) is 3.51. The van der Waals surface area contributed by atoms with Gasteiger partial charge in [0.2, 0.25) is 0 Å². The van der Waals surface area contributed by atoms with Gasteiger partial charge in [0.25, 0.3) is 17.7 Å². The van der Waals surface area contributed by atoms with Gasteiger partial charge in [-0.2, -0.15) is 0 Å². The molecule has 1 aliphatic heterocycles. The van der Waals surface area contributed by atoms with Crippen LogP contribution < -0.4 is 10.1 Å². The maximum absolute atomic E-state index is 14.0. The number of carbonyl (C=O) groups excluding carboxylic acids is 3. The van der Waals surface area contributed by atoms with E-state index in [9.17, 15) is 27.6 Å². The zero-order valence-electron chi connectivity index (χ0n) is 17.3. The molecule has 3 aromatic carbocycles. The standard InChI is InChI=1S/C24H17F3N2O4/c1-2-33-21-8-7-13(12-29-23(31)14-5-3-4-6-15(14)24(29)32)9-16(21)22(30)28-20-11-18(26)17(25)10-19(20)27/h3-11H,2,12H2,1H3,(H,28,30). The normalized spacial score (nSPS) is 12.7. The van der Waals surface area contributed by atoms with E-state index in [0.29, 0.717) is 28.8 Å². The van der Waals surface area contributed by atoms with E-state index in [0.717, 1.165) is 4.90 Å². The predicted molar refractivity (Wildman–Crippen MR) is 113 cm³/mol. The summed E-state index contributed by atoms with van der Waals surface area (Å²) >= 11 is 0. The van der Waals surface area contributed by atoms with Gasteiger partial charge < -0.3 is 10.1 Å². The number of anilines is 1. The van der Waals surface area contributed by atoms with Crippen LogP contribution in [0.1, 0.15) is 43.6 Å². The lowest BCUT2D eigenvalue weighted by Crippen LogP contribution is -2.29. The highest BCUT2D eigenvalue weighted by molar-refractivity contribution is 6.21. The van der Waals surface area contributed by atoms with Crippen LogP contribution in [0, 0.1) is 17.5 Å². The number of amides is 3. The number of rotatable bonds is 6. The molecular weight excluding hydrogens is 437 g/mol. The van der Waals surface area contributed by atoms with Crippen LogP contribution in [-0.2, 0) is 6.54 Å². The van der Waals surface area contributed by atoms with Gasteiger partial charge in [-0.1, -0.05) is 18.2 Å². The van der Waals surface area contributed by atoms with Crippen molar-refractivity contribution in [2.75, 3.05) is 11.9 Å². The van der Waals surface area contributed by atoms with Crippen LogP contribution in [0.25, 0.3) is 0 Å². The van der Waals surface area contributed by atoms with Crippen molar-refractivity contribution in [2.45, 2.75) is 13.5 Å². The smallest absolute Gasteiger partial charge is 0.261 e. The van der Waals surface area contributed by atoms with Crippen molar-refractivity contribution in [3.8, 4) is 5.75 Å². The van der Waals surface area contributed by atoms with Crippen molar-refractivity contribution in [1.29, 1.82) is 0 Å². The second kappa shape index (κ2) is 8.78. The van der Waals surface area contributed by atoms with Gasteiger partial charge in [-0.3, -0.25) is 19.3 Å². The number of fused-ring (bicyclic) bond motifs is 1. The molecule has 0 saturated carbocycles. The number of nitrogens with zero attached hydrogens (tertiary/aromatic N) is 1. The molecule has 0 saturated heterocycles. The molecule has 0 spiro atoms. The van der Waals surface area contributed by atoms with Crippen molar-refractivity contribution in [2.24, 2.45) is 0 Å². The summed E-state index contributed by atoms with van der Waals surface area (Å²) in [5.41, 5.74) is 0.437. The molecule has 0 bridgehead atoms. The fourth-order valence-corrected chi connectivity index (χ4v) is 3.51. The largest absolute Gasteiger partial charge is 0.493 e. The zero-order valence-corrected chi connectivity index (χ0v) is 17.3. The Morgan fingerprint density at radius 3 is 2.18 bits per heavy atom. The lowest BCUT2D eigenvalue weighted by molar-refractivity contribution is 0.0642. The Morgan fingerprint density at radius 1 is 0.909 bits per heavy atom. The van der Waals surface area contributed by atoms with Gasteiger partial charge in [0, 0.05) is 12.1 Å². The number of ether oxygens (including phenoxy) is 1. The minimum atomic E-state index is -1.39.